The molecule has 0 radical (unpaired) electrons. The third-order valence-corrected chi connectivity index (χ3v) is 5.38. The molecule has 0 aliphatic carbocycles. The third kappa shape index (κ3) is 4.67. The van der Waals surface area contributed by atoms with Crippen molar-refractivity contribution in [2.75, 3.05) is 18.4 Å². The van der Waals surface area contributed by atoms with Crippen LogP contribution >= 0.6 is 24.8 Å². The molecule has 1 amide bonds. The molecule has 4 rings (SSSR count). The molecule has 3 heterocycles. The Morgan fingerprint density at radius 1 is 1.10 bits per heavy atom. The van der Waals surface area contributed by atoms with E-state index in [0.717, 1.165) is 42.5 Å². The Labute approximate surface area is 187 Å². The number of piperidine rings is 1. The minimum Gasteiger partial charge on any atom is -0.321 e. The van der Waals surface area contributed by atoms with Crippen LogP contribution in [0.1, 0.15) is 40.5 Å². The Kier molecular flexibility index (Phi) is 8.01. The normalized spacial score (nSPS) is 13.9. The van der Waals surface area contributed by atoms with Gasteiger partial charge in [-0.25, -0.2) is 0 Å². The van der Waals surface area contributed by atoms with Crippen molar-refractivity contribution in [3.05, 3.63) is 69.8 Å². The molecular formula is C22H26Cl2N4O2. The molecule has 0 unspecified atom stereocenters. The van der Waals surface area contributed by atoms with Crippen LogP contribution in [0.25, 0.3) is 10.9 Å². The second-order valence-electron chi connectivity index (χ2n) is 7.35. The molecule has 0 saturated carbocycles. The lowest BCUT2D eigenvalue weighted by Crippen LogP contribution is -2.37. The molecule has 2 aromatic heterocycles. The number of pyridine rings is 2. The molecule has 30 heavy (non-hydrogen) atoms. The van der Waals surface area contributed by atoms with E-state index < -0.39 is 0 Å². The van der Waals surface area contributed by atoms with E-state index in [4.69, 9.17) is 0 Å². The highest BCUT2D eigenvalue weighted by Crippen LogP contribution is 2.23. The smallest absolute Gasteiger partial charge is 0.263 e. The van der Waals surface area contributed by atoms with Gasteiger partial charge in [-0.05, 0) is 75.7 Å². The van der Waals surface area contributed by atoms with Crippen molar-refractivity contribution in [1.29, 1.82) is 0 Å². The predicted octanol–water partition coefficient (Wildman–Crippen LogP) is 4.03. The Hall–Kier alpha value is -2.41. The molecule has 2 N–H and O–H groups in total. The summed E-state index contributed by atoms with van der Waals surface area (Å²) in [5.41, 5.74) is 3.05. The number of aromatic nitrogens is 2. The largest absolute Gasteiger partial charge is 0.321 e. The quantitative estimate of drug-likeness (QED) is 0.633. The van der Waals surface area contributed by atoms with Gasteiger partial charge in [0.1, 0.15) is 5.56 Å². The van der Waals surface area contributed by atoms with E-state index in [1.165, 1.54) is 0 Å². The van der Waals surface area contributed by atoms with Gasteiger partial charge in [-0.15, -0.1) is 24.8 Å². The number of aryl methyl sites for hydroxylation is 2. The van der Waals surface area contributed by atoms with Gasteiger partial charge in [-0.3, -0.25) is 14.6 Å². The van der Waals surface area contributed by atoms with Gasteiger partial charge in [0, 0.05) is 23.3 Å². The summed E-state index contributed by atoms with van der Waals surface area (Å²) >= 11 is 0. The number of carbonyl (C=O) groups is 1. The lowest BCUT2D eigenvalue weighted by atomic mass is 10.0. The van der Waals surface area contributed by atoms with E-state index in [9.17, 15) is 9.59 Å². The Balaban J connectivity index is 0.00000160. The second kappa shape index (κ2) is 10.1. The van der Waals surface area contributed by atoms with Crippen LogP contribution in [0.5, 0.6) is 0 Å². The maximum Gasteiger partial charge on any atom is 0.263 e. The number of nitrogens with one attached hydrogen (secondary N) is 2. The maximum absolute atomic E-state index is 13.1. The molecule has 0 spiro atoms. The zero-order valence-electron chi connectivity index (χ0n) is 17.0. The maximum atomic E-state index is 13.1. The molecular weight excluding hydrogens is 423 g/mol. The Morgan fingerprint density at radius 2 is 1.83 bits per heavy atom. The number of benzene rings is 1. The van der Waals surface area contributed by atoms with Crippen molar-refractivity contribution in [3.8, 4) is 0 Å². The van der Waals surface area contributed by atoms with Gasteiger partial charge < -0.3 is 15.2 Å². The highest BCUT2D eigenvalue weighted by Gasteiger charge is 2.21. The zero-order chi connectivity index (χ0) is 19.7. The van der Waals surface area contributed by atoms with Gasteiger partial charge in [-0.1, -0.05) is 6.07 Å². The molecule has 1 aliphatic heterocycles. The first-order valence-corrected chi connectivity index (χ1v) is 9.65. The fourth-order valence-electron chi connectivity index (χ4n) is 3.84. The fraction of sp³-hybridized carbons (Fsp3) is 0.318. The summed E-state index contributed by atoms with van der Waals surface area (Å²) in [5.74, 6) is -0.376. The highest BCUT2D eigenvalue weighted by atomic mass is 35.5. The van der Waals surface area contributed by atoms with Crippen LogP contribution in [0.15, 0.2) is 47.4 Å². The molecule has 1 aliphatic rings. The molecule has 8 heteroatoms. The lowest BCUT2D eigenvalue weighted by Gasteiger charge is -2.25. The van der Waals surface area contributed by atoms with Crippen LogP contribution in [-0.2, 0) is 0 Å². The van der Waals surface area contributed by atoms with E-state index in [1.54, 1.807) is 11.5 Å². The van der Waals surface area contributed by atoms with Crippen molar-refractivity contribution < 1.29 is 4.79 Å². The van der Waals surface area contributed by atoms with Gasteiger partial charge in [0.15, 0.2) is 0 Å². The van der Waals surface area contributed by atoms with Crippen LogP contribution in [0, 0.1) is 13.8 Å². The van der Waals surface area contributed by atoms with Crippen molar-refractivity contribution in [2.45, 2.75) is 32.7 Å². The van der Waals surface area contributed by atoms with Gasteiger partial charge in [0.2, 0.25) is 0 Å². The Bertz CT molecular complexity index is 1110. The minimum atomic E-state index is -0.376. The standard InChI is InChI=1S/C22H24N4O2.2ClH/c1-14-10-13-26(16-8-11-23-12-9-16)22(28)20(14)21(27)25-19-5-3-4-18-17(19)7-6-15(2)24-18;;/h3-7,10,13,16,23H,8-9,11-12H2,1-2H3,(H,25,27);2*1H. The van der Waals surface area contributed by atoms with Crippen molar-refractivity contribution in [2.24, 2.45) is 0 Å². The summed E-state index contributed by atoms with van der Waals surface area (Å²) in [6, 6.07) is 11.4. The van der Waals surface area contributed by atoms with E-state index in [1.807, 2.05) is 49.5 Å². The number of amides is 1. The average Bonchev–Trinajstić information content (AvgIpc) is 2.68. The zero-order valence-corrected chi connectivity index (χ0v) is 18.6. The Morgan fingerprint density at radius 3 is 2.57 bits per heavy atom. The number of nitrogens with zero attached hydrogens (tertiary/aromatic N) is 2. The summed E-state index contributed by atoms with van der Waals surface area (Å²) in [6.07, 6.45) is 3.59. The van der Waals surface area contributed by atoms with Gasteiger partial charge in [0.05, 0.1) is 11.2 Å². The summed E-state index contributed by atoms with van der Waals surface area (Å²) < 4.78 is 1.72. The summed E-state index contributed by atoms with van der Waals surface area (Å²) in [5, 5.41) is 7.09. The fourth-order valence-corrected chi connectivity index (χ4v) is 3.84. The average molecular weight is 449 g/mol. The molecule has 0 bridgehead atoms. The molecule has 3 aromatic rings. The molecule has 1 saturated heterocycles. The topological polar surface area (TPSA) is 76.0 Å². The first kappa shape index (κ1) is 23.9. The monoisotopic (exact) mass is 448 g/mol. The van der Waals surface area contributed by atoms with Gasteiger partial charge >= 0.3 is 0 Å². The third-order valence-electron chi connectivity index (χ3n) is 5.38. The van der Waals surface area contributed by atoms with Crippen molar-refractivity contribution in [1.82, 2.24) is 14.9 Å². The van der Waals surface area contributed by atoms with E-state index in [-0.39, 0.29) is 47.9 Å². The second-order valence-corrected chi connectivity index (χ2v) is 7.35. The van der Waals surface area contributed by atoms with Crippen LogP contribution in [0.2, 0.25) is 0 Å². The summed E-state index contributed by atoms with van der Waals surface area (Å²) in [4.78, 5) is 30.6. The number of halogens is 2. The van der Waals surface area contributed by atoms with Gasteiger partial charge in [-0.2, -0.15) is 0 Å². The first-order valence-electron chi connectivity index (χ1n) is 9.65. The summed E-state index contributed by atoms with van der Waals surface area (Å²) in [6.45, 7) is 5.50. The van der Waals surface area contributed by atoms with Crippen LogP contribution < -0.4 is 16.2 Å². The molecule has 160 valence electrons. The van der Waals surface area contributed by atoms with E-state index >= 15 is 0 Å². The number of rotatable bonds is 3. The molecule has 6 nitrogen and oxygen atoms in total. The minimum absolute atomic E-state index is 0. The molecule has 1 aromatic carbocycles. The van der Waals surface area contributed by atoms with Crippen LogP contribution in [0.4, 0.5) is 5.69 Å². The predicted molar refractivity (Wildman–Crippen MR) is 126 cm³/mol. The van der Waals surface area contributed by atoms with E-state index in [0.29, 0.717) is 11.3 Å². The summed E-state index contributed by atoms with van der Waals surface area (Å²) in [7, 11) is 0. The molecule has 0 atom stereocenters. The van der Waals surface area contributed by atoms with E-state index in [2.05, 4.69) is 15.6 Å². The van der Waals surface area contributed by atoms with Gasteiger partial charge in [0.25, 0.3) is 11.5 Å². The number of hydrogen-bond donors (Lipinski definition) is 2. The van der Waals surface area contributed by atoms with Crippen molar-refractivity contribution in [3.63, 3.8) is 0 Å². The highest BCUT2D eigenvalue weighted by molar-refractivity contribution is 6.09. The van der Waals surface area contributed by atoms with Crippen LogP contribution in [0.3, 0.4) is 0 Å². The number of anilines is 1. The lowest BCUT2D eigenvalue weighted by molar-refractivity contribution is 0.102. The molecule has 1 fully saturated rings. The van der Waals surface area contributed by atoms with Crippen LogP contribution in [-0.4, -0.2) is 28.5 Å². The number of carbonyl (C=O) groups excluding carboxylic acids is 1. The van der Waals surface area contributed by atoms with Crippen molar-refractivity contribution >= 4 is 47.3 Å². The first-order chi connectivity index (χ1) is 13.5. The SMILES string of the molecule is Cc1ccc2c(NC(=O)c3c(C)ccn(C4CCNCC4)c3=O)cccc2n1.Cl.Cl. The number of hydrogen-bond acceptors (Lipinski definition) is 4. The number of fused-ring (bicyclic) bond motifs is 1.